The first-order valence-electron chi connectivity index (χ1n) is 4.36. The molecule has 0 atom stereocenters. The summed E-state index contributed by atoms with van der Waals surface area (Å²) in [6, 6.07) is 0. The van der Waals surface area contributed by atoms with Gasteiger partial charge in [0.2, 0.25) is 0 Å². The molecule has 1 aliphatic rings. The first-order valence-corrected chi connectivity index (χ1v) is 4.36. The molecule has 0 aromatic rings. The Balaban J connectivity index is 2.77. The summed E-state index contributed by atoms with van der Waals surface area (Å²) in [5.74, 6) is 0.788. The number of nitrogens with one attached hydrogen (secondary N) is 2. The Bertz CT molecular complexity index is 263. The van der Waals surface area contributed by atoms with Gasteiger partial charge in [-0.05, 0) is 19.4 Å². The molecule has 0 fully saturated rings. The minimum Gasteiger partial charge on any atom is -0.359 e. The van der Waals surface area contributed by atoms with E-state index in [1.165, 1.54) is 5.57 Å². The van der Waals surface area contributed by atoms with E-state index in [0.717, 1.165) is 18.2 Å². The van der Waals surface area contributed by atoms with Crippen molar-refractivity contribution in [2.75, 3.05) is 20.1 Å². The van der Waals surface area contributed by atoms with Gasteiger partial charge >= 0.3 is 0 Å². The molecule has 0 aliphatic carbocycles. The van der Waals surface area contributed by atoms with Crippen LogP contribution in [0.3, 0.4) is 0 Å². The van der Waals surface area contributed by atoms with E-state index in [0.29, 0.717) is 6.54 Å². The molecule has 72 valence electrons. The third kappa shape index (κ3) is 3.27. The van der Waals surface area contributed by atoms with Gasteiger partial charge in [0.25, 0.3) is 0 Å². The van der Waals surface area contributed by atoms with Crippen LogP contribution >= 0.6 is 0 Å². The fourth-order valence-corrected chi connectivity index (χ4v) is 0.937. The Morgan fingerprint density at radius 2 is 2.08 bits per heavy atom. The average molecular weight is 180 g/mol. The van der Waals surface area contributed by atoms with Crippen molar-refractivity contribution < 1.29 is 0 Å². The van der Waals surface area contributed by atoms with Gasteiger partial charge in [0.1, 0.15) is 0 Å². The molecule has 0 saturated carbocycles. The highest BCUT2D eigenvalue weighted by Crippen LogP contribution is 1.94. The fraction of sp³-hybridized carbons (Fsp3) is 0.556. The highest BCUT2D eigenvalue weighted by Gasteiger charge is 1.97. The quantitative estimate of drug-likeness (QED) is 0.571. The summed E-state index contributed by atoms with van der Waals surface area (Å²) in [5.41, 5.74) is 2.26. The fourth-order valence-electron chi connectivity index (χ4n) is 0.937. The topological polar surface area (TPSA) is 48.8 Å². The summed E-state index contributed by atoms with van der Waals surface area (Å²) < 4.78 is 0. The van der Waals surface area contributed by atoms with Crippen molar-refractivity contribution in [2.45, 2.75) is 13.8 Å². The number of aliphatic imine (C=N–C) groups is 2. The normalized spacial score (nSPS) is 30.2. The highest BCUT2D eigenvalue weighted by atomic mass is 15.2. The zero-order valence-corrected chi connectivity index (χ0v) is 8.39. The molecular formula is C9H16N4. The molecule has 0 aromatic heterocycles. The number of rotatable bonds is 0. The van der Waals surface area contributed by atoms with Crippen molar-refractivity contribution >= 4 is 11.7 Å². The number of guanidine groups is 1. The molecular weight excluding hydrogens is 164 g/mol. The molecule has 0 unspecified atom stereocenters. The molecule has 2 N–H and O–H groups in total. The maximum Gasteiger partial charge on any atom is 0.195 e. The Morgan fingerprint density at radius 1 is 1.31 bits per heavy atom. The summed E-state index contributed by atoms with van der Waals surface area (Å²) in [4.78, 5) is 8.66. The molecule has 0 spiro atoms. The smallest absolute Gasteiger partial charge is 0.195 e. The van der Waals surface area contributed by atoms with Gasteiger partial charge in [0.15, 0.2) is 5.96 Å². The van der Waals surface area contributed by atoms with E-state index in [2.05, 4.69) is 20.6 Å². The molecule has 4 heteroatoms. The van der Waals surface area contributed by atoms with Crippen LogP contribution < -0.4 is 10.6 Å². The van der Waals surface area contributed by atoms with Crippen LogP contribution in [0.2, 0.25) is 0 Å². The van der Waals surface area contributed by atoms with Gasteiger partial charge in [-0.1, -0.05) is 0 Å². The monoisotopic (exact) mass is 180 g/mol. The molecule has 0 amide bonds. The van der Waals surface area contributed by atoms with Crippen LogP contribution in [0.15, 0.2) is 21.8 Å². The Labute approximate surface area is 78.9 Å². The zero-order chi connectivity index (χ0) is 9.68. The lowest BCUT2D eigenvalue weighted by atomic mass is 10.3. The van der Waals surface area contributed by atoms with Crippen molar-refractivity contribution in [3.8, 4) is 0 Å². The van der Waals surface area contributed by atoms with Gasteiger partial charge in [-0.25, -0.2) is 4.99 Å². The molecule has 1 rings (SSSR count). The van der Waals surface area contributed by atoms with Crippen LogP contribution in [0.5, 0.6) is 0 Å². The van der Waals surface area contributed by atoms with E-state index >= 15 is 0 Å². The van der Waals surface area contributed by atoms with Gasteiger partial charge < -0.3 is 10.6 Å². The molecule has 0 aromatic carbocycles. The number of hydrogen-bond donors (Lipinski definition) is 2. The van der Waals surface area contributed by atoms with Crippen molar-refractivity contribution in [3.63, 3.8) is 0 Å². The van der Waals surface area contributed by atoms with E-state index in [9.17, 15) is 0 Å². The van der Waals surface area contributed by atoms with Gasteiger partial charge in [-0.3, -0.25) is 4.99 Å². The summed E-state index contributed by atoms with van der Waals surface area (Å²) in [6.45, 7) is 5.45. The van der Waals surface area contributed by atoms with Crippen LogP contribution in [-0.2, 0) is 0 Å². The Morgan fingerprint density at radius 3 is 2.77 bits per heavy atom. The minimum atomic E-state index is 0.657. The largest absolute Gasteiger partial charge is 0.359 e. The lowest BCUT2D eigenvalue weighted by Crippen LogP contribution is -2.31. The molecule has 1 aliphatic heterocycles. The van der Waals surface area contributed by atoms with Gasteiger partial charge in [0, 0.05) is 19.0 Å². The van der Waals surface area contributed by atoms with Crippen LogP contribution in [0.1, 0.15) is 13.8 Å². The second-order valence-corrected chi connectivity index (χ2v) is 3.10. The highest BCUT2D eigenvalue weighted by molar-refractivity contribution is 5.88. The van der Waals surface area contributed by atoms with Crippen molar-refractivity contribution in [2.24, 2.45) is 9.98 Å². The Kier molecular flexibility index (Phi) is 3.49. The average Bonchev–Trinajstić information content (AvgIpc) is 2.20. The number of nitrogens with zero attached hydrogens (tertiary/aromatic N) is 2. The molecule has 13 heavy (non-hydrogen) atoms. The maximum atomic E-state index is 4.37. The molecule has 0 bridgehead atoms. The van der Waals surface area contributed by atoms with E-state index in [1.807, 2.05) is 27.1 Å². The maximum absolute atomic E-state index is 4.37. The molecule has 0 radical (unpaired) electrons. The standard InChI is InChI=1S/C9H16N4/c1-7-4-11-8(2)6-13-9(10-3)12-5-7/h5H,4,6H2,1-3H3,(H2,10,12,13)/b7-5-,11-8-. The summed E-state index contributed by atoms with van der Waals surface area (Å²) >= 11 is 0. The zero-order valence-electron chi connectivity index (χ0n) is 8.39. The van der Waals surface area contributed by atoms with E-state index in [-0.39, 0.29) is 0 Å². The van der Waals surface area contributed by atoms with Gasteiger partial charge in [-0.2, -0.15) is 0 Å². The second-order valence-electron chi connectivity index (χ2n) is 3.10. The molecule has 1 heterocycles. The third-order valence-corrected chi connectivity index (χ3v) is 1.76. The van der Waals surface area contributed by atoms with E-state index < -0.39 is 0 Å². The SMILES string of the molecule is CN/C1=N/C/C(C)=N\C/C(C)=C\N1. The first-order chi connectivity index (χ1) is 6.22. The minimum absolute atomic E-state index is 0.657. The summed E-state index contributed by atoms with van der Waals surface area (Å²) in [6.07, 6.45) is 1.93. The van der Waals surface area contributed by atoms with Crippen LogP contribution in [0.4, 0.5) is 0 Å². The van der Waals surface area contributed by atoms with Gasteiger partial charge in [0.05, 0.1) is 13.1 Å². The third-order valence-electron chi connectivity index (χ3n) is 1.76. The number of hydrogen-bond acceptors (Lipinski definition) is 4. The Hall–Kier alpha value is -1.32. The van der Waals surface area contributed by atoms with Crippen molar-refractivity contribution in [1.29, 1.82) is 0 Å². The van der Waals surface area contributed by atoms with Crippen molar-refractivity contribution in [3.05, 3.63) is 11.8 Å². The predicted molar refractivity (Wildman–Crippen MR) is 56.2 cm³/mol. The van der Waals surface area contributed by atoms with Crippen LogP contribution in [0.25, 0.3) is 0 Å². The molecule has 4 nitrogen and oxygen atoms in total. The van der Waals surface area contributed by atoms with E-state index in [4.69, 9.17) is 0 Å². The summed E-state index contributed by atoms with van der Waals surface area (Å²) in [5, 5.41) is 6.06. The second kappa shape index (κ2) is 4.64. The predicted octanol–water partition coefficient (Wildman–Crippen LogP) is 0.530. The lowest BCUT2D eigenvalue weighted by Gasteiger charge is -2.04. The van der Waals surface area contributed by atoms with Gasteiger partial charge in [-0.15, -0.1) is 0 Å². The summed E-state index contributed by atoms with van der Waals surface area (Å²) in [7, 11) is 1.85. The molecule has 0 saturated heterocycles. The first kappa shape index (κ1) is 9.77. The van der Waals surface area contributed by atoms with Crippen molar-refractivity contribution in [1.82, 2.24) is 10.6 Å². The van der Waals surface area contributed by atoms with Crippen LogP contribution in [0, 0.1) is 0 Å². The van der Waals surface area contributed by atoms with Crippen LogP contribution in [-0.4, -0.2) is 31.8 Å². The lowest BCUT2D eigenvalue weighted by molar-refractivity contribution is 1.02. The van der Waals surface area contributed by atoms with E-state index in [1.54, 1.807) is 0 Å².